The summed E-state index contributed by atoms with van der Waals surface area (Å²) in [7, 11) is 0. The Morgan fingerprint density at radius 3 is 2.54 bits per heavy atom. The minimum Gasteiger partial charge on any atom is -0.506 e. The third-order valence-corrected chi connectivity index (χ3v) is 1.57. The standard InChI is InChI=1S/C8H11N3O2/c1-4(12)11-5-2-3-6(13)8(10)7(5)9/h2-3,13H,9-10H2,1H3,(H,11,12). The summed E-state index contributed by atoms with van der Waals surface area (Å²) in [6.45, 7) is 1.36. The summed E-state index contributed by atoms with van der Waals surface area (Å²) >= 11 is 0. The maximum atomic E-state index is 10.7. The van der Waals surface area contributed by atoms with Gasteiger partial charge >= 0.3 is 0 Å². The molecule has 6 N–H and O–H groups in total. The van der Waals surface area contributed by atoms with Gasteiger partial charge in [0.25, 0.3) is 0 Å². The molecule has 5 heteroatoms. The number of phenols is 1. The van der Waals surface area contributed by atoms with Crippen molar-refractivity contribution in [3.63, 3.8) is 0 Å². The van der Waals surface area contributed by atoms with Crippen LogP contribution in [0.15, 0.2) is 12.1 Å². The molecule has 0 unspecified atom stereocenters. The molecule has 0 bridgehead atoms. The highest BCUT2D eigenvalue weighted by molar-refractivity contribution is 5.95. The molecule has 5 nitrogen and oxygen atoms in total. The van der Waals surface area contributed by atoms with Gasteiger partial charge in [-0.25, -0.2) is 0 Å². The number of amides is 1. The second-order valence-electron chi connectivity index (χ2n) is 2.64. The molecule has 1 aromatic carbocycles. The molecule has 0 spiro atoms. The minimum absolute atomic E-state index is 0.0752. The summed E-state index contributed by atoms with van der Waals surface area (Å²) in [5.41, 5.74) is 11.6. The fourth-order valence-corrected chi connectivity index (χ4v) is 0.924. The van der Waals surface area contributed by atoms with E-state index < -0.39 is 0 Å². The Hall–Kier alpha value is -1.91. The van der Waals surface area contributed by atoms with Crippen LogP contribution >= 0.6 is 0 Å². The number of benzene rings is 1. The predicted molar refractivity (Wildman–Crippen MR) is 51.2 cm³/mol. The zero-order valence-corrected chi connectivity index (χ0v) is 7.16. The summed E-state index contributed by atoms with van der Waals surface area (Å²) in [5.74, 6) is -0.330. The summed E-state index contributed by atoms with van der Waals surface area (Å²) in [4.78, 5) is 10.7. The number of anilines is 3. The first-order chi connectivity index (χ1) is 6.02. The average molecular weight is 181 g/mol. The Kier molecular flexibility index (Phi) is 2.27. The molecule has 0 aliphatic heterocycles. The number of hydrogen-bond donors (Lipinski definition) is 4. The van der Waals surface area contributed by atoms with E-state index >= 15 is 0 Å². The van der Waals surface area contributed by atoms with E-state index in [4.69, 9.17) is 16.6 Å². The molecule has 0 aliphatic rings. The van der Waals surface area contributed by atoms with Crippen LogP contribution in [0.1, 0.15) is 6.92 Å². The van der Waals surface area contributed by atoms with Gasteiger partial charge in [-0.3, -0.25) is 4.79 Å². The molecule has 0 aromatic heterocycles. The topological polar surface area (TPSA) is 101 Å². The van der Waals surface area contributed by atoms with Crippen LogP contribution in [0, 0.1) is 0 Å². The highest BCUT2D eigenvalue weighted by Gasteiger charge is 2.07. The van der Waals surface area contributed by atoms with Crippen molar-refractivity contribution in [1.29, 1.82) is 0 Å². The van der Waals surface area contributed by atoms with E-state index in [-0.39, 0.29) is 23.0 Å². The molecule has 0 fully saturated rings. The van der Waals surface area contributed by atoms with Crippen LogP contribution in [0.2, 0.25) is 0 Å². The van der Waals surface area contributed by atoms with Crippen LogP contribution < -0.4 is 16.8 Å². The van der Waals surface area contributed by atoms with Crippen molar-refractivity contribution < 1.29 is 9.90 Å². The number of hydrogen-bond acceptors (Lipinski definition) is 4. The van der Waals surface area contributed by atoms with Gasteiger partial charge in [0, 0.05) is 6.92 Å². The lowest BCUT2D eigenvalue weighted by molar-refractivity contribution is -0.114. The lowest BCUT2D eigenvalue weighted by Crippen LogP contribution is -2.09. The van der Waals surface area contributed by atoms with E-state index in [9.17, 15) is 4.79 Å². The lowest BCUT2D eigenvalue weighted by Gasteiger charge is -2.09. The fraction of sp³-hybridized carbons (Fsp3) is 0.125. The molecule has 0 saturated heterocycles. The number of aromatic hydroxyl groups is 1. The van der Waals surface area contributed by atoms with Crippen LogP contribution in [0.5, 0.6) is 5.75 Å². The lowest BCUT2D eigenvalue weighted by atomic mass is 10.2. The Labute approximate surface area is 75.3 Å². The second-order valence-corrected chi connectivity index (χ2v) is 2.64. The third-order valence-electron chi connectivity index (χ3n) is 1.57. The first-order valence-corrected chi connectivity index (χ1v) is 3.67. The SMILES string of the molecule is CC(=O)Nc1ccc(O)c(N)c1N. The zero-order chi connectivity index (χ0) is 10.0. The van der Waals surface area contributed by atoms with E-state index in [1.807, 2.05) is 0 Å². The van der Waals surface area contributed by atoms with Gasteiger partial charge in [-0.2, -0.15) is 0 Å². The number of rotatable bonds is 1. The Balaban J connectivity index is 3.10. The van der Waals surface area contributed by atoms with Crippen LogP contribution in [-0.4, -0.2) is 11.0 Å². The summed E-state index contributed by atoms with van der Waals surface area (Å²) in [6.07, 6.45) is 0. The molecule has 1 amide bonds. The molecule has 1 aromatic rings. The Bertz CT molecular complexity index is 349. The van der Waals surface area contributed by atoms with Crippen LogP contribution in [0.25, 0.3) is 0 Å². The average Bonchev–Trinajstić information content (AvgIpc) is 2.06. The van der Waals surface area contributed by atoms with Crippen molar-refractivity contribution in [3.8, 4) is 5.75 Å². The van der Waals surface area contributed by atoms with Crippen LogP contribution in [-0.2, 0) is 4.79 Å². The van der Waals surface area contributed by atoms with Gasteiger partial charge < -0.3 is 21.9 Å². The molecule has 0 atom stereocenters. The Morgan fingerprint density at radius 1 is 1.38 bits per heavy atom. The molecular weight excluding hydrogens is 170 g/mol. The number of carbonyl (C=O) groups excluding carboxylic acids is 1. The number of carbonyl (C=O) groups is 1. The third kappa shape index (κ3) is 1.81. The van der Waals surface area contributed by atoms with Crippen molar-refractivity contribution in [2.24, 2.45) is 0 Å². The zero-order valence-electron chi connectivity index (χ0n) is 7.16. The number of phenolic OH excluding ortho intramolecular Hbond substituents is 1. The van der Waals surface area contributed by atoms with Crippen molar-refractivity contribution >= 4 is 23.0 Å². The molecule has 0 heterocycles. The normalized spacial score (nSPS) is 9.62. The van der Waals surface area contributed by atoms with Gasteiger partial charge in [0.2, 0.25) is 5.91 Å². The Morgan fingerprint density at radius 2 is 2.00 bits per heavy atom. The maximum absolute atomic E-state index is 10.7. The predicted octanol–water partition coefficient (Wildman–Crippen LogP) is 0.515. The van der Waals surface area contributed by atoms with E-state index in [0.717, 1.165) is 0 Å². The van der Waals surface area contributed by atoms with E-state index in [1.165, 1.54) is 19.1 Å². The van der Waals surface area contributed by atoms with E-state index in [0.29, 0.717) is 5.69 Å². The van der Waals surface area contributed by atoms with Crippen molar-refractivity contribution in [1.82, 2.24) is 0 Å². The highest BCUT2D eigenvalue weighted by atomic mass is 16.3. The molecule has 0 saturated carbocycles. The first-order valence-electron chi connectivity index (χ1n) is 3.67. The quantitative estimate of drug-likeness (QED) is 0.288. The van der Waals surface area contributed by atoms with Gasteiger partial charge in [-0.1, -0.05) is 0 Å². The monoisotopic (exact) mass is 181 g/mol. The highest BCUT2D eigenvalue weighted by Crippen LogP contribution is 2.32. The first kappa shape index (κ1) is 9.18. The summed E-state index contributed by atoms with van der Waals surface area (Å²) < 4.78 is 0. The van der Waals surface area contributed by atoms with E-state index in [2.05, 4.69) is 5.32 Å². The molecule has 0 aliphatic carbocycles. The molecule has 0 radical (unpaired) electrons. The second kappa shape index (κ2) is 3.22. The minimum atomic E-state index is -0.239. The van der Waals surface area contributed by atoms with Crippen molar-refractivity contribution in [3.05, 3.63) is 12.1 Å². The largest absolute Gasteiger partial charge is 0.506 e. The smallest absolute Gasteiger partial charge is 0.221 e. The number of nitrogens with two attached hydrogens (primary N) is 2. The molecule has 70 valence electrons. The molecular formula is C8H11N3O2. The summed E-state index contributed by atoms with van der Waals surface area (Å²) in [6, 6.07) is 2.86. The number of nitrogen functional groups attached to an aromatic ring is 2. The van der Waals surface area contributed by atoms with Crippen LogP contribution in [0.4, 0.5) is 17.1 Å². The molecule has 13 heavy (non-hydrogen) atoms. The number of nitrogens with one attached hydrogen (secondary N) is 1. The maximum Gasteiger partial charge on any atom is 0.221 e. The van der Waals surface area contributed by atoms with Gasteiger partial charge in [-0.05, 0) is 12.1 Å². The van der Waals surface area contributed by atoms with Gasteiger partial charge in [0.15, 0.2) is 0 Å². The summed E-state index contributed by atoms with van der Waals surface area (Å²) in [5, 5.41) is 11.6. The van der Waals surface area contributed by atoms with Gasteiger partial charge in [0.1, 0.15) is 5.75 Å². The van der Waals surface area contributed by atoms with Crippen LogP contribution in [0.3, 0.4) is 0 Å². The van der Waals surface area contributed by atoms with Gasteiger partial charge in [0.05, 0.1) is 17.1 Å². The van der Waals surface area contributed by atoms with Gasteiger partial charge in [-0.15, -0.1) is 0 Å². The van der Waals surface area contributed by atoms with Crippen molar-refractivity contribution in [2.75, 3.05) is 16.8 Å². The fourth-order valence-electron chi connectivity index (χ4n) is 0.924. The molecule has 1 rings (SSSR count). The van der Waals surface area contributed by atoms with Crippen molar-refractivity contribution in [2.45, 2.75) is 6.92 Å². The van der Waals surface area contributed by atoms with E-state index in [1.54, 1.807) is 0 Å².